The van der Waals surface area contributed by atoms with Crippen LogP contribution in [0.3, 0.4) is 0 Å². The van der Waals surface area contributed by atoms with Crippen molar-refractivity contribution in [2.24, 2.45) is 5.73 Å². The van der Waals surface area contributed by atoms with Crippen LogP contribution in [0.1, 0.15) is 35.6 Å². The zero-order chi connectivity index (χ0) is 12.5. The number of carbonyl (C=O) groups excluding carboxylic acids is 1. The maximum atomic E-state index is 11.0. The lowest BCUT2D eigenvalue weighted by molar-refractivity contribution is 0.100. The number of nitrogens with zero attached hydrogens (tertiary/aromatic N) is 3. The first kappa shape index (κ1) is 11.3. The number of carbonyl (C=O) groups is 1. The van der Waals surface area contributed by atoms with Gasteiger partial charge in [-0.3, -0.25) is 4.79 Å². The molecule has 2 aromatic rings. The Morgan fingerprint density at radius 3 is 2.41 bits per heavy atom. The second kappa shape index (κ2) is 3.97. The Labute approximate surface area is 98.2 Å². The van der Waals surface area contributed by atoms with E-state index in [0.29, 0.717) is 11.4 Å². The van der Waals surface area contributed by atoms with Crippen LogP contribution in [0.4, 0.5) is 0 Å². The summed E-state index contributed by atoms with van der Waals surface area (Å²) in [6.45, 7) is 3.97. The number of benzene rings is 1. The molecule has 0 bridgehead atoms. The van der Waals surface area contributed by atoms with Crippen molar-refractivity contribution in [1.82, 2.24) is 20.6 Å². The van der Waals surface area contributed by atoms with Crippen LogP contribution < -0.4 is 5.73 Å². The van der Waals surface area contributed by atoms with Gasteiger partial charge in [0.15, 0.2) is 5.82 Å². The number of rotatable bonds is 3. The van der Waals surface area contributed by atoms with Crippen LogP contribution in [0, 0.1) is 0 Å². The van der Waals surface area contributed by atoms with Crippen LogP contribution in [-0.4, -0.2) is 26.5 Å². The topological polar surface area (TPSA) is 97.5 Å². The summed E-state index contributed by atoms with van der Waals surface area (Å²) in [4.78, 5) is 11.0. The number of amides is 1. The maximum Gasteiger partial charge on any atom is 0.248 e. The molecule has 17 heavy (non-hydrogen) atoms. The van der Waals surface area contributed by atoms with Crippen molar-refractivity contribution in [2.75, 3.05) is 0 Å². The highest BCUT2D eigenvalue weighted by Gasteiger charge is 2.27. The van der Waals surface area contributed by atoms with E-state index in [2.05, 4.69) is 20.6 Å². The lowest BCUT2D eigenvalue weighted by atomic mass is 9.83. The van der Waals surface area contributed by atoms with Gasteiger partial charge in [0, 0.05) is 5.56 Å². The molecule has 0 saturated heterocycles. The Morgan fingerprint density at radius 1 is 1.29 bits per heavy atom. The number of hydrogen-bond acceptors (Lipinski definition) is 4. The lowest BCUT2D eigenvalue weighted by Gasteiger charge is -2.20. The predicted octanol–water partition coefficient (Wildman–Crippen LogP) is 0.625. The third kappa shape index (κ3) is 2.01. The van der Waals surface area contributed by atoms with Gasteiger partial charge >= 0.3 is 0 Å². The Bertz CT molecular complexity index is 515. The van der Waals surface area contributed by atoms with Gasteiger partial charge in [0.25, 0.3) is 0 Å². The molecule has 0 radical (unpaired) electrons. The van der Waals surface area contributed by atoms with Crippen molar-refractivity contribution in [3.8, 4) is 0 Å². The van der Waals surface area contributed by atoms with Gasteiger partial charge in [-0.2, -0.15) is 5.21 Å². The SMILES string of the molecule is CC(C)(c1ccc(C(N)=O)cc1)c1nn[nH]n1. The second-order valence-corrected chi connectivity index (χ2v) is 4.30. The monoisotopic (exact) mass is 231 g/mol. The molecule has 0 atom stereocenters. The smallest absolute Gasteiger partial charge is 0.248 e. The molecule has 0 spiro atoms. The minimum atomic E-state index is -0.436. The predicted molar refractivity (Wildman–Crippen MR) is 61.3 cm³/mol. The van der Waals surface area contributed by atoms with Crippen molar-refractivity contribution in [3.63, 3.8) is 0 Å². The molecule has 0 aliphatic carbocycles. The highest BCUT2D eigenvalue weighted by atomic mass is 16.1. The number of H-pyrrole nitrogens is 1. The van der Waals surface area contributed by atoms with Gasteiger partial charge in [0.05, 0.1) is 5.41 Å². The van der Waals surface area contributed by atoms with Crippen LogP contribution in [0.2, 0.25) is 0 Å². The number of nitrogens with one attached hydrogen (secondary N) is 1. The summed E-state index contributed by atoms with van der Waals surface area (Å²) in [5.41, 5.74) is 6.29. The Hall–Kier alpha value is -2.24. The summed E-state index contributed by atoms with van der Waals surface area (Å²) < 4.78 is 0. The van der Waals surface area contributed by atoms with Gasteiger partial charge in [-0.1, -0.05) is 17.3 Å². The maximum absolute atomic E-state index is 11.0. The minimum absolute atomic E-state index is 0.372. The fraction of sp³-hybridized carbons (Fsp3) is 0.273. The van der Waals surface area contributed by atoms with Crippen LogP contribution >= 0.6 is 0 Å². The molecule has 3 N–H and O–H groups in total. The van der Waals surface area contributed by atoms with Gasteiger partial charge in [-0.25, -0.2) is 0 Å². The first-order valence-electron chi connectivity index (χ1n) is 5.16. The molecule has 0 aliphatic heterocycles. The van der Waals surface area contributed by atoms with E-state index < -0.39 is 5.91 Å². The van der Waals surface area contributed by atoms with Crippen molar-refractivity contribution in [2.45, 2.75) is 19.3 Å². The molecule has 0 fully saturated rings. The largest absolute Gasteiger partial charge is 0.366 e. The summed E-state index contributed by atoms with van der Waals surface area (Å²) >= 11 is 0. The molecule has 6 heteroatoms. The van der Waals surface area contributed by atoms with E-state index in [4.69, 9.17) is 5.73 Å². The third-order valence-corrected chi connectivity index (χ3v) is 2.80. The molecule has 1 aromatic heterocycles. The van der Waals surface area contributed by atoms with Crippen molar-refractivity contribution < 1.29 is 4.79 Å². The van der Waals surface area contributed by atoms with Crippen LogP contribution in [0.5, 0.6) is 0 Å². The summed E-state index contributed by atoms with van der Waals surface area (Å²) in [5, 5.41) is 13.9. The van der Waals surface area contributed by atoms with E-state index in [1.165, 1.54) is 0 Å². The summed E-state index contributed by atoms with van der Waals surface area (Å²) in [7, 11) is 0. The molecule has 0 saturated carbocycles. The number of hydrogen-bond donors (Lipinski definition) is 2. The zero-order valence-corrected chi connectivity index (χ0v) is 9.64. The van der Waals surface area contributed by atoms with Crippen molar-refractivity contribution in [3.05, 3.63) is 41.2 Å². The molecule has 1 aromatic carbocycles. The van der Waals surface area contributed by atoms with E-state index in [9.17, 15) is 4.79 Å². The quantitative estimate of drug-likeness (QED) is 0.809. The number of nitrogens with two attached hydrogens (primary N) is 1. The van der Waals surface area contributed by atoms with Gasteiger partial charge in [-0.15, -0.1) is 10.2 Å². The van der Waals surface area contributed by atoms with E-state index in [1.807, 2.05) is 26.0 Å². The van der Waals surface area contributed by atoms with Crippen LogP contribution in [0.15, 0.2) is 24.3 Å². The van der Waals surface area contributed by atoms with Crippen molar-refractivity contribution >= 4 is 5.91 Å². The Morgan fingerprint density at radius 2 is 1.94 bits per heavy atom. The highest BCUT2D eigenvalue weighted by Crippen LogP contribution is 2.28. The first-order chi connectivity index (χ1) is 8.01. The molecule has 0 unspecified atom stereocenters. The first-order valence-corrected chi connectivity index (χ1v) is 5.16. The standard InChI is InChI=1S/C11H13N5O/c1-11(2,10-13-15-16-14-10)8-5-3-7(4-6-8)9(12)17/h3-6H,1-2H3,(H2,12,17)(H,13,14,15,16). The third-order valence-electron chi connectivity index (χ3n) is 2.80. The molecular formula is C11H13N5O. The fourth-order valence-electron chi connectivity index (χ4n) is 1.61. The number of aromatic amines is 1. The number of aromatic nitrogens is 4. The highest BCUT2D eigenvalue weighted by molar-refractivity contribution is 5.92. The van der Waals surface area contributed by atoms with Gasteiger partial charge in [0.2, 0.25) is 5.91 Å². The summed E-state index contributed by atoms with van der Waals surface area (Å²) in [6.07, 6.45) is 0. The van der Waals surface area contributed by atoms with Crippen molar-refractivity contribution in [1.29, 1.82) is 0 Å². The molecule has 1 heterocycles. The molecule has 88 valence electrons. The van der Waals surface area contributed by atoms with E-state index in [1.54, 1.807) is 12.1 Å². The minimum Gasteiger partial charge on any atom is -0.366 e. The number of tetrazole rings is 1. The molecule has 6 nitrogen and oxygen atoms in total. The summed E-state index contributed by atoms with van der Waals surface area (Å²) in [6, 6.07) is 7.08. The van der Waals surface area contributed by atoms with E-state index in [-0.39, 0.29) is 5.41 Å². The second-order valence-electron chi connectivity index (χ2n) is 4.30. The average molecular weight is 231 g/mol. The Kier molecular flexibility index (Phi) is 2.63. The fourth-order valence-corrected chi connectivity index (χ4v) is 1.61. The van der Waals surface area contributed by atoms with Gasteiger partial charge < -0.3 is 5.73 Å². The molecular weight excluding hydrogens is 218 g/mol. The Balaban J connectivity index is 2.37. The normalized spacial score (nSPS) is 11.4. The van der Waals surface area contributed by atoms with Crippen LogP contribution in [-0.2, 0) is 5.41 Å². The zero-order valence-electron chi connectivity index (χ0n) is 9.64. The molecule has 1 amide bonds. The van der Waals surface area contributed by atoms with Gasteiger partial charge in [0.1, 0.15) is 0 Å². The van der Waals surface area contributed by atoms with E-state index >= 15 is 0 Å². The van der Waals surface area contributed by atoms with Gasteiger partial charge in [-0.05, 0) is 31.5 Å². The van der Waals surface area contributed by atoms with Crippen LogP contribution in [0.25, 0.3) is 0 Å². The molecule has 2 rings (SSSR count). The van der Waals surface area contributed by atoms with E-state index in [0.717, 1.165) is 5.56 Å². The average Bonchev–Trinajstić information content (AvgIpc) is 2.83. The lowest BCUT2D eigenvalue weighted by Crippen LogP contribution is -2.21. The number of primary amides is 1. The summed E-state index contributed by atoms with van der Waals surface area (Å²) in [5.74, 6) is 0.165. The molecule has 0 aliphatic rings.